The van der Waals surface area contributed by atoms with Gasteiger partial charge in [0.15, 0.2) is 0 Å². The monoisotopic (exact) mass is 380 g/mol. The van der Waals surface area contributed by atoms with Crippen molar-refractivity contribution in [2.45, 2.75) is 12.6 Å². The standard InChI is InChI=1S/C17H21BrN2O3/c1-3-9-23-19(2)16-10-15(18)11-20(12-16)17(21)22-13-14-7-5-4-6-8-14/h3-8,10,16H,1,9,11-13H2,2H3. The zero-order valence-corrected chi connectivity index (χ0v) is 14.7. The van der Waals surface area contributed by atoms with Crippen LogP contribution in [0.2, 0.25) is 0 Å². The highest BCUT2D eigenvalue weighted by atomic mass is 79.9. The minimum Gasteiger partial charge on any atom is -0.445 e. The van der Waals surface area contributed by atoms with Crippen LogP contribution in [-0.4, -0.2) is 48.8 Å². The molecule has 23 heavy (non-hydrogen) atoms. The first-order valence-electron chi connectivity index (χ1n) is 7.38. The maximum atomic E-state index is 12.3. The third kappa shape index (κ3) is 5.49. The molecule has 1 heterocycles. The van der Waals surface area contributed by atoms with Gasteiger partial charge >= 0.3 is 6.09 Å². The number of hydrogen-bond donors (Lipinski definition) is 0. The number of hydrogen-bond acceptors (Lipinski definition) is 4. The SMILES string of the molecule is C=CCON(C)C1C=C(Br)CN(C(=O)OCc2ccccc2)C1. The van der Waals surface area contributed by atoms with Gasteiger partial charge < -0.3 is 9.64 Å². The van der Waals surface area contributed by atoms with Crippen molar-refractivity contribution >= 4 is 22.0 Å². The second-order valence-corrected chi connectivity index (χ2v) is 6.25. The number of carbonyl (C=O) groups is 1. The average Bonchev–Trinajstić information content (AvgIpc) is 2.57. The number of nitrogens with zero attached hydrogens (tertiary/aromatic N) is 2. The van der Waals surface area contributed by atoms with E-state index in [1.165, 1.54) is 0 Å². The molecule has 1 amide bonds. The number of hydroxylamine groups is 2. The third-order valence-electron chi connectivity index (χ3n) is 3.45. The summed E-state index contributed by atoms with van der Waals surface area (Å²) >= 11 is 3.48. The molecule has 1 atom stereocenters. The number of carbonyl (C=O) groups excluding carboxylic acids is 1. The number of ether oxygens (including phenoxy) is 1. The molecule has 0 saturated heterocycles. The third-order valence-corrected chi connectivity index (χ3v) is 3.96. The van der Waals surface area contributed by atoms with E-state index in [1.54, 1.807) is 16.0 Å². The molecule has 0 radical (unpaired) electrons. The molecule has 124 valence electrons. The zero-order valence-electron chi connectivity index (χ0n) is 13.2. The van der Waals surface area contributed by atoms with E-state index in [0.29, 0.717) is 19.7 Å². The van der Waals surface area contributed by atoms with E-state index < -0.39 is 0 Å². The summed E-state index contributed by atoms with van der Waals surface area (Å²) in [5, 5.41) is 1.72. The Labute approximate surface area is 145 Å². The molecule has 0 spiro atoms. The Morgan fingerprint density at radius 3 is 2.91 bits per heavy atom. The molecule has 1 aliphatic heterocycles. The van der Waals surface area contributed by atoms with Crippen LogP contribution < -0.4 is 0 Å². The van der Waals surface area contributed by atoms with Crippen molar-refractivity contribution in [2.24, 2.45) is 0 Å². The Bertz CT molecular complexity index is 562. The van der Waals surface area contributed by atoms with E-state index in [2.05, 4.69) is 22.5 Å². The van der Waals surface area contributed by atoms with Crippen LogP contribution in [0.1, 0.15) is 5.56 Å². The van der Waals surface area contributed by atoms with Gasteiger partial charge in [-0.15, -0.1) is 6.58 Å². The van der Waals surface area contributed by atoms with E-state index in [4.69, 9.17) is 9.57 Å². The van der Waals surface area contributed by atoms with Gasteiger partial charge in [0.2, 0.25) is 0 Å². The van der Waals surface area contributed by atoms with Gasteiger partial charge in [-0.25, -0.2) is 4.79 Å². The van der Waals surface area contributed by atoms with Gasteiger partial charge in [0.25, 0.3) is 0 Å². The maximum Gasteiger partial charge on any atom is 0.410 e. The van der Waals surface area contributed by atoms with Crippen molar-refractivity contribution in [3.63, 3.8) is 0 Å². The van der Waals surface area contributed by atoms with Gasteiger partial charge in [0.1, 0.15) is 6.61 Å². The largest absolute Gasteiger partial charge is 0.445 e. The van der Waals surface area contributed by atoms with E-state index in [9.17, 15) is 4.79 Å². The average molecular weight is 381 g/mol. The van der Waals surface area contributed by atoms with Crippen LogP contribution in [0.3, 0.4) is 0 Å². The van der Waals surface area contributed by atoms with Gasteiger partial charge in [0.05, 0.1) is 19.2 Å². The van der Waals surface area contributed by atoms with E-state index in [1.807, 2.05) is 43.5 Å². The van der Waals surface area contributed by atoms with Crippen molar-refractivity contribution in [1.82, 2.24) is 9.96 Å². The Hall–Kier alpha value is -1.63. The first-order chi connectivity index (χ1) is 11.1. The molecule has 1 aromatic carbocycles. The molecular formula is C17H21BrN2O3. The predicted molar refractivity (Wildman–Crippen MR) is 92.9 cm³/mol. The molecule has 0 bridgehead atoms. The molecule has 1 aliphatic rings. The van der Waals surface area contributed by atoms with Gasteiger partial charge in [-0.1, -0.05) is 58.4 Å². The summed E-state index contributed by atoms with van der Waals surface area (Å²) in [5.41, 5.74) is 0.968. The summed E-state index contributed by atoms with van der Waals surface area (Å²) in [4.78, 5) is 19.4. The van der Waals surface area contributed by atoms with E-state index >= 15 is 0 Å². The van der Waals surface area contributed by atoms with Crippen molar-refractivity contribution in [1.29, 1.82) is 0 Å². The lowest BCUT2D eigenvalue weighted by Gasteiger charge is -2.34. The molecule has 0 N–H and O–H groups in total. The van der Waals surface area contributed by atoms with Crippen molar-refractivity contribution in [3.8, 4) is 0 Å². The Morgan fingerprint density at radius 2 is 2.22 bits per heavy atom. The molecular weight excluding hydrogens is 360 g/mol. The molecule has 5 nitrogen and oxygen atoms in total. The highest BCUT2D eigenvalue weighted by molar-refractivity contribution is 9.11. The number of likely N-dealkylation sites (N-methyl/N-ethyl adjacent to an activating group) is 1. The van der Waals surface area contributed by atoms with Gasteiger partial charge in [0, 0.05) is 18.1 Å². The Morgan fingerprint density at radius 1 is 1.48 bits per heavy atom. The van der Waals surface area contributed by atoms with Crippen LogP contribution >= 0.6 is 15.9 Å². The first kappa shape index (κ1) is 17.7. The minimum absolute atomic E-state index is 0.0395. The fourth-order valence-electron chi connectivity index (χ4n) is 2.22. The zero-order chi connectivity index (χ0) is 16.7. The second kappa shape index (κ2) is 8.86. The molecule has 1 unspecified atom stereocenters. The highest BCUT2D eigenvalue weighted by Crippen LogP contribution is 2.19. The first-order valence-corrected chi connectivity index (χ1v) is 8.18. The fraction of sp³-hybridized carbons (Fsp3) is 0.353. The van der Waals surface area contributed by atoms with Crippen molar-refractivity contribution in [3.05, 3.63) is 59.1 Å². The minimum atomic E-state index is -0.332. The van der Waals surface area contributed by atoms with Crippen molar-refractivity contribution in [2.75, 3.05) is 26.7 Å². The van der Waals surface area contributed by atoms with Gasteiger partial charge in [-0.3, -0.25) is 4.84 Å². The van der Waals surface area contributed by atoms with Crippen LogP contribution in [0, 0.1) is 0 Å². The molecule has 0 fully saturated rings. The lowest BCUT2D eigenvalue weighted by atomic mass is 10.2. The Balaban J connectivity index is 1.90. The van der Waals surface area contributed by atoms with Crippen LogP contribution in [0.15, 0.2) is 53.5 Å². The normalized spacial score (nSPS) is 17.8. The number of amides is 1. The second-order valence-electron chi connectivity index (χ2n) is 5.23. The fourth-order valence-corrected chi connectivity index (χ4v) is 2.83. The lowest BCUT2D eigenvalue weighted by Crippen LogP contribution is -2.47. The Kier molecular flexibility index (Phi) is 6.83. The number of halogens is 1. The summed E-state index contributed by atoms with van der Waals surface area (Å²) < 4.78 is 6.32. The van der Waals surface area contributed by atoms with Crippen molar-refractivity contribution < 1.29 is 14.4 Å². The summed E-state index contributed by atoms with van der Waals surface area (Å²) in [6.07, 6.45) is 3.38. The van der Waals surface area contributed by atoms with Crippen LogP contribution in [0.4, 0.5) is 4.79 Å². The number of rotatable bonds is 6. The lowest BCUT2D eigenvalue weighted by molar-refractivity contribution is -0.150. The molecule has 0 aromatic heterocycles. The van der Waals surface area contributed by atoms with Crippen LogP contribution in [-0.2, 0) is 16.2 Å². The molecule has 6 heteroatoms. The molecule has 0 aliphatic carbocycles. The summed E-state index contributed by atoms with van der Waals surface area (Å²) in [6.45, 7) is 5.33. The molecule has 0 saturated carbocycles. The molecule has 2 rings (SSSR count). The van der Waals surface area contributed by atoms with Gasteiger partial charge in [-0.2, -0.15) is 5.06 Å². The summed E-state index contributed by atoms with van der Waals surface area (Å²) in [6, 6.07) is 9.60. The summed E-state index contributed by atoms with van der Waals surface area (Å²) in [7, 11) is 1.84. The van der Waals surface area contributed by atoms with Crippen LogP contribution in [0.5, 0.6) is 0 Å². The summed E-state index contributed by atoms with van der Waals surface area (Å²) in [5.74, 6) is 0. The highest BCUT2D eigenvalue weighted by Gasteiger charge is 2.27. The smallest absolute Gasteiger partial charge is 0.410 e. The predicted octanol–water partition coefficient (Wildman–Crippen LogP) is 3.34. The molecule has 1 aromatic rings. The van der Waals surface area contributed by atoms with E-state index in [-0.39, 0.29) is 18.7 Å². The van der Waals surface area contributed by atoms with E-state index in [0.717, 1.165) is 10.0 Å². The van der Waals surface area contributed by atoms with Crippen LogP contribution in [0.25, 0.3) is 0 Å². The van der Waals surface area contributed by atoms with Gasteiger partial charge in [-0.05, 0) is 5.56 Å². The quantitative estimate of drug-likeness (QED) is 0.560. The maximum absolute atomic E-state index is 12.3. The topological polar surface area (TPSA) is 42.0 Å². The number of benzene rings is 1.